The molecule has 2 amide bonds. The largest absolute Gasteiger partial charge is 0.508 e. The number of benzene rings is 2. The van der Waals surface area contributed by atoms with E-state index < -0.39 is 6.04 Å². The molecule has 0 radical (unpaired) electrons. The number of para-hydroxylation sites is 1. The molecule has 5 heteroatoms. The first kappa shape index (κ1) is 16.1. The second-order valence-corrected chi connectivity index (χ2v) is 5.88. The zero-order valence-corrected chi connectivity index (χ0v) is 13.8. The summed E-state index contributed by atoms with van der Waals surface area (Å²) in [6.07, 6.45) is 0.155. The Hall–Kier alpha value is -2.82. The molecule has 1 N–H and O–H groups in total. The van der Waals surface area contributed by atoms with Gasteiger partial charge in [-0.25, -0.2) is 4.90 Å². The van der Waals surface area contributed by atoms with Crippen molar-refractivity contribution in [3.05, 3.63) is 54.1 Å². The van der Waals surface area contributed by atoms with Gasteiger partial charge in [0.25, 0.3) is 5.91 Å². The molecule has 124 valence electrons. The average Bonchev–Trinajstić information content (AvgIpc) is 2.85. The molecule has 0 saturated carbocycles. The molecule has 1 fully saturated rings. The summed E-state index contributed by atoms with van der Waals surface area (Å²) in [7, 11) is 0. The van der Waals surface area contributed by atoms with E-state index in [2.05, 4.69) is 0 Å². The summed E-state index contributed by atoms with van der Waals surface area (Å²) in [5.41, 5.74) is 2.16. The fraction of sp³-hybridized carbons (Fsp3) is 0.263. The fourth-order valence-corrected chi connectivity index (χ4v) is 3.21. The van der Waals surface area contributed by atoms with Crippen molar-refractivity contribution in [3.8, 4) is 5.75 Å². The van der Waals surface area contributed by atoms with Gasteiger partial charge in [0, 0.05) is 12.2 Å². The van der Waals surface area contributed by atoms with Crippen LogP contribution in [-0.2, 0) is 9.59 Å². The van der Waals surface area contributed by atoms with Gasteiger partial charge in [0.15, 0.2) is 0 Å². The van der Waals surface area contributed by atoms with Crippen LogP contribution in [0.1, 0.15) is 18.9 Å². The minimum atomic E-state index is -0.502. The highest BCUT2D eigenvalue weighted by Gasteiger charge is 2.43. The Balaban J connectivity index is 1.94. The SMILES string of the molecule is CCN(c1ccccc1)C1CC(=O)N(c2ccc(O)cc2C)C1=O. The number of nitrogens with zero attached hydrogens (tertiary/aromatic N) is 2. The maximum Gasteiger partial charge on any atom is 0.256 e. The third-order valence-electron chi connectivity index (χ3n) is 4.35. The molecule has 0 spiro atoms. The molecular formula is C19H20N2O3. The smallest absolute Gasteiger partial charge is 0.256 e. The van der Waals surface area contributed by atoms with E-state index in [1.54, 1.807) is 19.1 Å². The predicted molar refractivity (Wildman–Crippen MR) is 93.2 cm³/mol. The lowest BCUT2D eigenvalue weighted by molar-refractivity contribution is -0.121. The number of anilines is 2. The monoisotopic (exact) mass is 324 g/mol. The van der Waals surface area contributed by atoms with Crippen LogP contribution in [0.2, 0.25) is 0 Å². The van der Waals surface area contributed by atoms with E-state index in [1.165, 1.54) is 11.0 Å². The van der Waals surface area contributed by atoms with Crippen molar-refractivity contribution < 1.29 is 14.7 Å². The first-order valence-electron chi connectivity index (χ1n) is 8.01. The standard InChI is InChI=1S/C19H20N2O3/c1-3-20(14-7-5-4-6-8-14)17-12-18(23)21(19(17)24)16-10-9-15(22)11-13(16)2/h4-11,17,22H,3,12H2,1-2H3. The first-order chi connectivity index (χ1) is 11.5. The van der Waals surface area contributed by atoms with Crippen molar-refractivity contribution in [1.29, 1.82) is 0 Å². The molecule has 1 atom stereocenters. The third-order valence-corrected chi connectivity index (χ3v) is 4.35. The number of rotatable bonds is 4. The van der Waals surface area contributed by atoms with Crippen molar-refractivity contribution in [2.24, 2.45) is 0 Å². The molecule has 3 rings (SSSR count). The molecule has 1 saturated heterocycles. The normalized spacial score (nSPS) is 17.4. The highest BCUT2D eigenvalue weighted by molar-refractivity contribution is 6.23. The summed E-state index contributed by atoms with van der Waals surface area (Å²) in [6, 6.07) is 13.8. The Labute approximate surface area is 141 Å². The van der Waals surface area contributed by atoms with Crippen LogP contribution in [0.5, 0.6) is 5.75 Å². The van der Waals surface area contributed by atoms with E-state index in [4.69, 9.17) is 0 Å². The molecule has 1 aliphatic heterocycles. The van der Waals surface area contributed by atoms with Gasteiger partial charge in [0.2, 0.25) is 5.91 Å². The van der Waals surface area contributed by atoms with Crippen LogP contribution in [0.25, 0.3) is 0 Å². The molecule has 0 bridgehead atoms. The number of phenolic OH excluding ortho intramolecular Hbond substituents is 1. The minimum Gasteiger partial charge on any atom is -0.508 e. The average molecular weight is 324 g/mol. The minimum absolute atomic E-state index is 0.117. The van der Waals surface area contributed by atoms with E-state index in [0.29, 0.717) is 17.8 Å². The Morgan fingerprint density at radius 3 is 2.50 bits per heavy atom. The van der Waals surface area contributed by atoms with E-state index >= 15 is 0 Å². The molecule has 2 aromatic rings. The quantitative estimate of drug-likeness (QED) is 0.879. The number of aryl methyl sites for hydroxylation is 1. The van der Waals surface area contributed by atoms with Crippen molar-refractivity contribution in [2.45, 2.75) is 26.3 Å². The molecule has 1 unspecified atom stereocenters. The number of hydrogen-bond donors (Lipinski definition) is 1. The number of amides is 2. The van der Waals surface area contributed by atoms with Gasteiger partial charge < -0.3 is 10.0 Å². The second-order valence-electron chi connectivity index (χ2n) is 5.88. The number of carbonyl (C=O) groups excluding carboxylic acids is 2. The summed E-state index contributed by atoms with van der Waals surface area (Å²) in [4.78, 5) is 28.6. The Bertz CT molecular complexity index is 773. The van der Waals surface area contributed by atoms with E-state index in [9.17, 15) is 14.7 Å². The number of likely N-dealkylation sites (N-methyl/N-ethyl adjacent to an activating group) is 1. The summed E-state index contributed by atoms with van der Waals surface area (Å²) >= 11 is 0. The molecule has 5 nitrogen and oxygen atoms in total. The van der Waals surface area contributed by atoms with Crippen molar-refractivity contribution >= 4 is 23.2 Å². The van der Waals surface area contributed by atoms with E-state index in [0.717, 1.165) is 5.69 Å². The molecule has 1 aliphatic rings. The zero-order valence-electron chi connectivity index (χ0n) is 13.8. The van der Waals surface area contributed by atoms with Gasteiger partial charge in [-0.15, -0.1) is 0 Å². The first-order valence-corrected chi connectivity index (χ1v) is 8.01. The second kappa shape index (κ2) is 6.35. The highest BCUT2D eigenvalue weighted by atomic mass is 16.3. The number of aromatic hydroxyl groups is 1. The lowest BCUT2D eigenvalue weighted by Crippen LogP contribution is -2.42. The Morgan fingerprint density at radius 1 is 1.17 bits per heavy atom. The van der Waals surface area contributed by atoms with Crippen LogP contribution < -0.4 is 9.80 Å². The van der Waals surface area contributed by atoms with Gasteiger partial charge in [-0.05, 0) is 49.7 Å². The van der Waals surface area contributed by atoms with E-state index in [1.807, 2.05) is 42.2 Å². The lowest BCUT2D eigenvalue weighted by atomic mass is 10.1. The fourth-order valence-electron chi connectivity index (χ4n) is 3.21. The molecular weight excluding hydrogens is 304 g/mol. The number of imide groups is 1. The van der Waals surface area contributed by atoms with Crippen molar-refractivity contribution in [1.82, 2.24) is 0 Å². The van der Waals surface area contributed by atoms with Crippen LogP contribution in [0.15, 0.2) is 48.5 Å². The van der Waals surface area contributed by atoms with Crippen molar-refractivity contribution in [3.63, 3.8) is 0 Å². The zero-order chi connectivity index (χ0) is 17.3. The molecule has 24 heavy (non-hydrogen) atoms. The van der Waals surface area contributed by atoms with Gasteiger partial charge in [-0.3, -0.25) is 9.59 Å². The Kier molecular flexibility index (Phi) is 4.25. The number of carbonyl (C=O) groups is 2. The van der Waals surface area contributed by atoms with Gasteiger partial charge in [0.1, 0.15) is 11.8 Å². The van der Waals surface area contributed by atoms with Crippen LogP contribution in [0, 0.1) is 6.92 Å². The lowest BCUT2D eigenvalue weighted by Gasteiger charge is -2.28. The van der Waals surface area contributed by atoms with Gasteiger partial charge >= 0.3 is 0 Å². The summed E-state index contributed by atoms with van der Waals surface area (Å²) in [6.45, 7) is 4.38. The summed E-state index contributed by atoms with van der Waals surface area (Å²) in [5, 5.41) is 9.54. The van der Waals surface area contributed by atoms with Crippen molar-refractivity contribution in [2.75, 3.05) is 16.3 Å². The summed E-state index contributed by atoms with van der Waals surface area (Å²) < 4.78 is 0. The summed E-state index contributed by atoms with van der Waals surface area (Å²) in [5.74, 6) is -0.320. The number of phenols is 1. The number of hydrogen-bond acceptors (Lipinski definition) is 4. The highest BCUT2D eigenvalue weighted by Crippen LogP contribution is 2.31. The van der Waals surface area contributed by atoms with E-state index in [-0.39, 0.29) is 24.0 Å². The van der Waals surface area contributed by atoms with Gasteiger partial charge in [-0.2, -0.15) is 0 Å². The van der Waals surface area contributed by atoms with Crippen LogP contribution in [0.3, 0.4) is 0 Å². The maximum absolute atomic E-state index is 12.9. The molecule has 0 aliphatic carbocycles. The third kappa shape index (κ3) is 2.73. The maximum atomic E-state index is 12.9. The van der Waals surface area contributed by atoms with Gasteiger partial charge in [-0.1, -0.05) is 18.2 Å². The van der Waals surface area contributed by atoms with Crippen LogP contribution >= 0.6 is 0 Å². The molecule has 2 aromatic carbocycles. The Morgan fingerprint density at radius 2 is 1.88 bits per heavy atom. The van der Waals surface area contributed by atoms with Crippen LogP contribution in [0.4, 0.5) is 11.4 Å². The topological polar surface area (TPSA) is 60.9 Å². The molecule has 1 heterocycles. The van der Waals surface area contributed by atoms with Crippen LogP contribution in [-0.4, -0.2) is 29.5 Å². The predicted octanol–water partition coefficient (Wildman–Crippen LogP) is 2.86. The van der Waals surface area contributed by atoms with Gasteiger partial charge in [0.05, 0.1) is 12.1 Å². The molecule has 0 aromatic heterocycles.